The minimum atomic E-state index is -0.529. The number of amides is 1. The number of carbonyl (C=O) groups is 1. The Balaban J connectivity index is 2.05. The molecule has 1 aromatic carbocycles. The Morgan fingerprint density at radius 1 is 1.55 bits per heavy atom. The summed E-state index contributed by atoms with van der Waals surface area (Å²) in [5.41, 5.74) is -0.103. The molecule has 1 saturated carbocycles. The lowest BCUT2D eigenvalue weighted by atomic mass is 9.64. The van der Waals surface area contributed by atoms with Crippen molar-refractivity contribution in [1.29, 1.82) is 0 Å². The van der Waals surface area contributed by atoms with Crippen LogP contribution in [0, 0.1) is 11.2 Å². The summed E-state index contributed by atoms with van der Waals surface area (Å²) in [6, 6.07) is 4.22. The first kappa shape index (κ1) is 15.3. The second-order valence-electron chi connectivity index (χ2n) is 5.69. The van der Waals surface area contributed by atoms with Crippen molar-refractivity contribution in [1.82, 2.24) is 5.32 Å². The average Bonchev–Trinajstić information content (AvgIpc) is 2.40. The van der Waals surface area contributed by atoms with Crippen LogP contribution in [0.5, 0.6) is 0 Å². The molecule has 0 bridgehead atoms. The van der Waals surface area contributed by atoms with Crippen molar-refractivity contribution >= 4 is 18.5 Å². The van der Waals surface area contributed by atoms with Gasteiger partial charge < -0.3 is 10.1 Å². The zero-order valence-electron chi connectivity index (χ0n) is 11.9. The van der Waals surface area contributed by atoms with Crippen LogP contribution in [0.4, 0.5) is 4.39 Å². The fraction of sp³-hybridized carbons (Fsp3) is 0.533. The standard InChI is InChI=1S/C15H20FNO2S/c1-4-19-13-8-12(15(13,2)3)17-14(18)10-7-9(20)5-6-11(10)16/h5-7,12-13,20H,4,8H2,1-3H3,(H,17,18). The zero-order valence-corrected chi connectivity index (χ0v) is 12.8. The van der Waals surface area contributed by atoms with Crippen molar-refractivity contribution in [3.63, 3.8) is 0 Å². The van der Waals surface area contributed by atoms with Gasteiger partial charge in [0.2, 0.25) is 0 Å². The molecular weight excluding hydrogens is 277 g/mol. The smallest absolute Gasteiger partial charge is 0.254 e. The third kappa shape index (κ3) is 2.83. The summed E-state index contributed by atoms with van der Waals surface area (Å²) in [5.74, 6) is -0.926. The first-order chi connectivity index (χ1) is 9.36. The molecule has 1 aliphatic carbocycles. The van der Waals surface area contributed by atoms with Gasteiger partial charge in [-0.25, -0.2) is 4.39 Å². The molecule has 110 valence electrons. The van der Waals surface area contributed by atoms with Crippen LogP contribution in [0.1, 0.15) is 37.6 Å². The Labute approximate surface area is 124 Å². The average molecular weight is 297 g/mol. The minimum Gasteiger partial charge on any atom is -0.378 e. The van der Waals surface area contributed by atoms with Gasteiger partial charge in [-0.2, -0.15) is 0 Å². The second kappa shape index (κ2) is 5.74. The van der Waals surface area contributed by atoms with Crippen molar-refractivity contribution in [3.8, 4) is 0 Å². The molecule has 0 spiro atoms. The summed E-state index contributed by atoms with van der Waals surface area (Å²) in [4.78, 5) is 12.7. The summed E-state index contributed by atoms with van der Waals surface area (Å²) < 4.78 is 19.3. The number of carbonyl (C=O) groups excluding carboxylic acids is 1. The monoisotopic (exact) mass is 297 g/mol. The molecule has 1 aromatic rings. The maximum Gasteiger partial charge on any atom is 0.254 e. The molecule has 2 unspecified atom stereocenters. The van der Waals surface area contributed by atoms with Gasteiger partial charge in [0, 0.05) is 23.0 Å². The van der Waals surface area contributed by atoms with Gasteiger partial charge in [-0.3, -0.25) is 4.79 Å². The lowest BCUT2D eigenvalue weighted by Gasteiger charge is -2.51. The summed E-state index contributed by atoms with van der Waals surface area (Å²) in [5, 5.41) is 2.89. The Hall–Kier alpha value is -1.07. The highest BCUT2D eigenvalue weighted by Crippen LogP contribution is 2.42. The molecule has 0 aliphatic heterocycles. The molecule has 3 nitrogen and oxygen atoms in total. The number of benzene rings is 1. The first-order valence-electron chi connectivity index (χ1n) is 6.77. The van der Waals surface area contributed by atoms with Gasteiger partial charge >= 0.3 is 0 Å². The number of rotatable bonds is 4. The fourth-order valence-electron chi connectivity index (χ4n) is 2.54. The van der Waals surface area contributed by atoms with E-state index in [0.717, 1.165) is 6.42 Å². The van der Waals surface area contributed by atoms with E-state index >= 15 is 0 Å². The molecule has 0 aromatic heterocycles. The van der Waals surface area contributed by atoms with Crippen molar-refractivity contribution in [3.05, 3.63) is 29.6 Å². The zero-order chi connectivity index (χ0) is 14.9. The maximum atomic E-state index is 13.7. The van der Waals surface area contributed by atoms with Gasteiger partial charge in [0.1, 0.15) is 5.82 Å². The molecule has 0 saturated heterocycles. The van der Waals surface area contributed by atoms with Gasteiger partial charge in [0.05, 0.1) is 11.7 Å². The third-order valence-electron chi connectivity index (χ3n) is 4.05. The highest BCUT2D eigenvalue weighted by atomic mass is 32.1. The summed E-state index contributed by atoms with van der Waals surface area (Å²) in [7, 11) is 0. The second-order valence-corrected chi connectivity index (χ2v) is 6.21. The Morgan fingerprint density at radius 3 is 2.85 bits per heavy atom. The molecule has 0 heterocycles. The molecule has 20 heavy (non-hydrogen) atoms. The summed E-state index contributed by atoms with van der Waals surface area (Å²) >= 11 is 4.13. The largest absolute Gasteiger partial charge is 0.378 e. The number of hydrogen-bond acceptors (Lipinski definition) is 3. The van der Waals surface area contributed by atoms with E-state index in [4.69, 9.17) is 4.74 Å². The van der Waals surface area contributed by atoms with Crippen molar-refractivity contribution < 1.29 is 13.9 Å². The molecule has 1 aliphatic rings. The van der Waals surface area contributed by atoms with E-state index < -0.39 is 11.7 Å². The summed E-state index contributed by atoms with van der Waals surface area (Å²) in [6.45, 7) is 6.71. The number of hydrogen-bond donors (Lipinski definition) is 2. The van der Waals surface area contributed by atoms with Crippen LogP contribution < -0.4 is 5.32 Å². The quantitative estimate of drug-likeness (QED) is 0.838. The Bertz CT molecular complexity index is 519. The SMILES string of the molecule is CCOC1CC(NC(=O)c2cc(S)ccc2F)C1(C)C. The Kier molecular flexibility index (Phi) is 4.39. The normalized spacial score (nSPS) is 24.1. The molecule has 1 fully saturated rings. The van der Waals surface area contributed by atoms with Crippen molar-refractivity contribution in [2.45, 2.75) is 44.2 Å². The van der Waals surface area contributed by atoms with Crippen LogP contribution in [0.3, 0.4) is 0 Å². The lowest BCUT2D eigenvalue weighted by molar-refractivity contribution is -0.111. The maximum absolute atomic E-state index is 13.7. The predicted octanol–water partition coefficient (Wildman–Crippen LogP) is 3.05. The van der Waals surface area contributed by atoms with E-state index in [1.54, 1.807) is 0 Å². The van der Waals surface area contributed by atoms with Gasteiger partial charge in [-0.15, -0.1) is 12.6 Å². The number of halogens is 1. The number of nitrogens with one attached hydrogen (secondary N) is 1. The van der Waals surface area contributed by atoms with Crippen LogP contribution in [-0.2, 0) is 4.74 Å². The van der Waals surface area contributed by atoms with Gasteiger partial charge in [-0.05, 0) is 31.5 Å². The minimum absolute atomic E-state index is 0.00507. The number of thiol groups is 1. The third-order valence-corrected chi connectivity index (χ3v) is 4.32. The molecular formula is C15H20FNO2S. The molecule has 5 heteroatoms. The van der Waals surface area contributed by atoms with E-state index in [1.165, 1.54) is 18.2 Å². The predicted molar refractivity (Wildman–Crippen MR) is 78.7 cm³/mol. The van der Waals surface area contributed by atoms with Crippen LogP contribution in [-0.4, -0.2) is 24.7 Å². The van der Waals surface area contributed by atoms with Crippen LogP contribution in [0.2, 0.25) is 0 Å². The highest BCUT2D eigenvalue weighted by molar-refractivity contribution is 7.80. The Morgan fingerprint density at radius 2 is 2.25 bits per heavy atom. The number of ether oxygens (including phenoxy) is 1. The lowest BCUT2D eigenvalue weighted by Crippen LogP contribution is -2.62. The molecule has 1 amide bonds. The van der Waals surface area contributed by atoms with E-state index in [0.29, 0.717) is 11.5 Å². The van der Waals surface area contributed by atoms with E-state index in [1.807, 2.05) is 20.8 Å². The van der Waals surface area contributed by atoms with Crippen molar-refractivity contribution in [2.75, 3.05) is 6.61 Å². The van der Waals surface area contributed by atoms with Crippen molar-refractivity contribution in [2.24, 2.45) is 5.41 Å². The van der Waals surface area contributed by atoms with E-state index in [9.17, 15) is 9.18 Å². The summed E-state index contributed by atoms with van der Waals surface area (Å²) in [6.07, 6.45) is 0.897. The fourth-order valence-corrected chi connectivity index (χ4v) is 2.74. The van der Waals surface area contributed by atoms with Gasteiger partial charge in [-0.1, -0.05) is 13.8 Å². The van der Waals surface area contributed by atoms with E-state index in [2.05, 4.69) is 17.9 Å². The molecule has 2 rings (SSSR count). The van der Waals surface area contributed by atoms with Gasteiger partial charge in [0.25, 0.3) is 5.91 Å². The van der Waals surface area contributed by atoms with Crippen LogP contribution in [0.15, 0.2) is 23.1 Å². The van der Waals surface area contributed by atoms with Gasteiger partial charge in [0.15, 0.2) is 0 Å². The first-order valence-corrected chi connectivity index (χ1v) is 7.22. The molecule has 2 atom stereocenters. The van der Waals surface area contributed by atoms with Crippen LogP contribution >= 0.6 is 12.6 Å². The topological polar surface area (TPSA) is 38.3 Å². The van der Waals surface area contributed by atoms with E-state index in [-0.39, 0.29) is 23.1 Å². The molecule has 0 radical (unpaired) electrons. The highest BCUT2D eigenvalue weighted by Gasteiger charge is 2.49. The van der Waals surface area contributed by atoms with Crippen LogP contribution in [0.25, 0.3) is 0 Å². The molecule has 1 N–H and O–H groups in total.